The van der Waals surface area contributed by atoms with E-state index in [-0.39, 0.29) is 29.6 Å². The maximum atomic E-state index is 13.7. The van der Waals surface area contributed by atoms with Crippen LogP contribution in [-0.4, -0.2) is 24.2 Å². The largest absolute Gasteiger partial charge is 0.494 e. The number of carboxylic acids is 1. The maximum absolute atomic E-state index is 13.7. The number of carboxylic acid groups (broad SMARTS) is 1. The average Bonchev–Trinajstić information content (AvgIpc) is 2.47. The van der Waals surface area contributed by atoms with Crippen LogP contribution in [0, 0.1) is 11.7 Å². The molecule has 1 aromatic carbocycles. The van der Waals surface area contributed by atoms with E-state index < -0.39 is 5.97 Å². The van der Waals surface area contributed by atoms with Gasteiger partial charge in [-0.1, -0.05) is 12.5 Å². The van der Waals surface area contributed by atoms with Gasteiger partial charge in [0.1, 0.15) is 0 Å². The first kappa shape index (κ1) is 15.8. The van der Waals surface area contributed by atoms with Gasteiger partial charge in [0.05, 0.1) is 13.0 Å². The Morgan fingerprint density at radius 1 is 1.48 bits per heavy atom. The van der Waals surface area contributed by atoms with E-state index in [1.165, 1.54) is 13.2 Å². The highest BCUT2D eigenvalue weighted by atomic mass is 19.1. The summed E-state index contributed by atoms with van der Waals surface area (Å²) in [4.78, 5) is 11.1. The zero-order valence-corrected chi connectivity index (χ0v) is 12.4. The molecule has 4 nitrogen and oxygen atoms in total. The molecule has 1 aliphatic carbocycles. The molecule has 0 aromatic heterocycles. The number of carbonyl (C=O) groups is 1. The van der Waals surface area contributed by atoms with Crippen molar-refractivity contribution in [2.75, 3.05) is 7.11 Å². The quantitative estimate of drug-likeness (QED) is 0.876. The van der Waals surface area contributed by atoms with E-state index in [1.807, 2.05) is 13.0 Å². The van der Waals surface area contributed by atoms with Crippen molar-refractivity contribution in [3.8, 4) is 5.75 Å². The molecule has 0 saturated heterocycles. The van der Waals surface area contributed by atoms with Crippen LogP contribution in [0.15, 0.2) is 18.2 Å². The second-order valence-corrected chi connectivity index (χ2v) is 5.68. The van der Waals surface area contributed by atoms with Gasteiger partial charge in [0, 0.05) is 12.1 Å². The van der Waals surface area contributed by atoms with E-state index in [9.17, 15) is 9.18 Å². The Morgan fingerprint density at radius 3 is 2.86 bits per heavy atom. The number of rotatable bonds is 5. The van der Waals surface area contributed by atoms with Gasteiger partial charge in [-0.2, -0.15) is 0 Å². The molecule has 0 heterocycles. The molecule has 2 N–H and O–H groups in total. The molecule has 0 radical (unpaired) electrons. The molecule has 0 bridgehead atoms. The molecule has 21 heavy (non-hydrogen) atoms. The summed E-state index contributed by atoms with van der Waals surface area (Å²) in [6, 6.07) is 5.05. The van der Waals surface area contributed by atoms with Crippen LogP contribution in [0.25, 0.3) is 0 Å². The van der Waals surface area contributed by atoms with Gasteiger partial charge in [0.15, 0.2) is 11.6 Å². The SMILES string of the molecule is COc1ccc(C(C)NC2CCCC(C(=O)O)C2)cc1F. The van der Waals surface area contributed by atoms with Gasteiger partial charge in [-0.15, -0.1) is 0 Å². The standard InChI is InChI=1S/C16H22FNO3/c1-10(11-6-7-15(21-2)14(17)9-11)18-13-5-3-4-12(8-13)16(19)20/h6-7,9-10,12-13,18H,3-5,8H2,1-2H3,(H,19,20). The van der Waals surface area contributed by atoms with E-state index in [4.69, 9.17) is 9.84 Å². The first-order valence-corrected chi connectivity index (χ1v) is 7.33. The summed E-state index contributed by atoms with van der Waals surface area (Å²) in [5.41, 5.74) is 0.839. The van der Waals surface area contributed by atoms with Crippen molar-refractivity contribution >= 4 is 5.97 Å². The molecule has 1 saturated carbocycles. The van der Waals surface area contributed by atoms with Crippen molar-refractivity contribution in [3.05, 3.63) is 29.6 Å². The van der Waals surface area contributed by atoms with E-state index in [0.29, 0.717) is 6.42 Å². The third-order valence-corrected chi connectivity index (χ3v) is 4.19. The lowest BCUT2D eigenvalue weighted by Crippen LogP contribution is -2.37. The van der Waals surface area contributed by atoms with E-state index >= 15 is 0 Å². The lowest BCUT2D eigenvalue weighted by Gasteiger charge is -2.30. The predicted molar refractivity (Wildman–Crippen MR) is 77.9 cm³/mol. The highest BCUT2D eigenvalue weighted by Gasteiger charge is 2.27. The summed E-state index contributed by atoms with van der Waals surface area (Å²) in [7, 11) is 1.44. The third-order valence-electron chi connectivity index (χ3n) is 4.19. The molecule has 3 unspecified atom stereocenters. The molecule has 3 atom stereocenters. The topological polar surface area (TPSA) is 58.6 Å². The second-order valence-electron chi connectivity index (χ2n) is 5.68. The van der Waals surface area contributed by atoms with Gasteiger partial charge in [-0.3, -0.25) is 4.79 Å². The first-order valence-electron chi connectivity index (χ1n) is 7.33. The number of benzene rings is 1. The summed E-state index contributed by atoms with van der Waals surface area (Å²) in [6.45, 7) is 1.96. The average molecular weight is 295 g/mol. The normalized spacial score (nSPS) is 23.6. The van der Waals surface area contributed by atoms with Crippen molar-refractivity contribution in [3.63, 3.8) is 0 Å². The van der Waals surface area contributed by atoms with Gasteiger partial charge in [0.2, 0.25) is 0 Å². The van der Waals surface area contributed by atoms with Gasteiger partial charge in [-0.25, -0.2) is 4.39 Å². The number of aliphatic carboxylic acids is 1. The van der Waals surface area contributed by atoms with Crippen molar-refractivity contribution in [2.45, 2.75) is 44.7 Å². The predicted octanol–water partition coefficient (Wildman–Crippen LogP) is 3.13. The molecule has 0 amide bonds. The lowest BCUT2D eigenvalue weighted by atomic mass is 9.85. The van der Waals surface area contributed by atoms with Gasteiger partial charge in [-0.05, 0) is 43.9 Å². The Bertz CT molecular complexity index is 506. The van der Waals surface area contributed by atoms with Crippen LogP contribution in [0.3, 0.4) is 0 Å². The minimum Gasteiger partial charge on any atom is -0.494 e. The highest BCUT2D eigenvalue weighted by Crippen LogP contribution is 2.27. The Morgan fingerprint density at radius 2 is 2.24 bits per heavy atom. The van der Waals surface area contributed by atoms with Crippen LogP contribution in [0.1, 0.15) is 44.2 Å². The van der Waals surface area contributed by atoms with Crippen molar-refractivity contribution in [1.29, 1.82) is 0 Å². The zero-order valence-electron chi connectivity index (χ0n) is 12.4. The van der Waals surface area contributed by atoms with Crippen LogP contribution in [0.5, 0.6) is 5.75 Å². The molecular formula is C16H22FNO3. The Hall–Kier alpha value is -1.62. The minimum atomic E-state index is -0.718. The number of hydrogen-bond acceptors (Lipinski definition) is 3. The highest BCUT2D eigenvalue weighted by molar-refractivity contribution is 5.70. The van der Waals surface area contributed by atoms with Crippen LogP contribution < -0.4 is 10.1 Å². The molecule has 1 fully saturated rings. The molecule has 1 aliphatic rings. The van der Waals surface area contributed by atoms with Crippen molar-refractivity contribution in [1.82, 2.24) is 5.32 Å². The van der Waals surface area contributed by atoms with E-state index in [0.717, 1.165) is 24.8 Å². The summed E-state index contributed by atoms with van der Waals surface area (Å²) >= 11 is 0. The smallest absolute Gasteiger partial charge is 0.306 e. The fourth-order valence-electron chi connectivity index (χ4n) is 2.97. The van der Waals surface area contributed by atoms with E-state index in [2.05, 4.69) is 5.32 Å². The van der Waals surface area contributed by atoms with Crippen molar-refractivity contribution in [2.24, 2.45) is 5.92 Å². The first-order chi connectivity index (χ1) is 10.0. The zero-order chi connectivity index (χ0) is 15.4. The van der Waals surface area contributed by atoms with E-state index in [1.54, 1.807) is 6.07 Å². The fourth-order valence-corrected chi connectivity index (χ4v) is 2.97. The molecule has 1 aromatic rings. The number of nitrogens with one attached hydrogen (secondary N) is 1. The molecule has 116 valence electrons. The molecule has 0 aliphatic heterocycles. The Kier molecular flexibility index (Phi) is 5.17. The van der Waals surface area contributed by atoms with Gasteiger partial charge in [0.25, 0.3) is 0 Å². The van der Waals surface area contributed by atoms with Crippen molar-refractivity contribution < 1.29 is 19.0 Å². The van der Waals surface area contributed by atoms with Crippen LogP contribution >= 0.6 is 0 Å². The third kappa shape index (κ3) is 3.94. The number of hydrogen-bond donors (Lipinski definition) is 2. The molecule has 0 spiro atoms. The maximum Gasteiger partial charge on any atom is 0.306 e. The van der Waals surface area contributed by atoms with Gasteiger partial charge < -0.3 is 15.2 Å². The summed E-state index contributed by atoms with van der Waals surface area (Å²) in [5.74, 6) is -1.13. The van der Waals surface area contributed by atoms with Gasteiger partial charge >= 0.3 is 5.97 Å². The molecule has 2 rings (SSSR count). The summed E-state index contributed by atoms with van der Waals surface area (Å²) in [5, 5.41) is 12.5. The fraction of sp³-hybridized carbons (Fsp3) is 0.562. The summed E-state index contributed by atoms with van der Waals surface area (Å²) < 4.78 is 18.6. The molecular weight excluding hydrogens is 273 g/mol. The number of methoxy groups -OCH3 is 1. The lowest BCUT2D eigenvalue weighted by molar-refractivity contribution is -0.143. The summed E-state index contributed by atoms with van der Waals surface area (Å²) in [6.07, 6.45) is 3.27. The van der Waals surface area contributed by atoms with Crippen LogP contribution in [0.2, 0.25) is 0 Å². The monoisotopic (exact) mass is 295 g/mol. The van der Waals surface area contributed by atoms with Crippen LogP contribution in [0.4, 0.5) is 4.39 Å². The second kappa shape index (κ2) is 6.89. The Balaban J connectivity index is 1.99. The molecule has 5 heteroatoms. The minimum absolute atomic E-state index is 0.0250. The van der Waals surface area contributed by atoms with Crippen LogP contribution in [-0.2, 0) is 4.79 Å². The number of ether oxygens (including phenoxy) is 1. The number of halogens is 1. The Labute approximate surface area is 124 Å².